The number of aliphatic hydroxyl groups excluding tert-OH is 1. The van der Waals surface area contributed by atoms with E-state index in [0.29, 0.717) is 11.4 Å². The smallest absolute Gasteiger partial charge is 0.318 e. The standard InChI is InChI=1S/C13H15N3O3/c1-10-14-9-15-16(10)7-13(8-17,12(18)19)11-5-3-2-4-6-11/h2-6,9,17H,7-8H2,1H3,(H,18,19). The molecule has 1 atom stereocenters. The van der Waals surface area contributed by atoms with Crippen molar-refractivity contribution in [1.82, 2.24) is 14.8 Å². The first-order valence-corrected chi connectivity index (χ1v) is 5.84. The normalized spacial score (nSPS) is 14.0. The molecule has 0 saturated heterocycles. The van der Waals surface area contributed by atoms with Crippen LogP contribution in [0.5, 0.6) is 0 Å². The average molecular weight is 261 g/mol. The second-order valence-corrected chi connectivity index (χ2v) is 4.38. The molecule has 0 bridgehead atoms. The zero-order chi connectivity index (χ0) is 13.9. The first-order valence-electron chi connectivity index (χ1n) is 5.84. The van der Waals surface area contributed by atoms with Gasteiger partial charge in [0, 0.05) is 0 Å². The van der Waals surface area contributed by atoms with Crippen molar-refractivity contribution in [3.8, 4) is 0 Å². The summed E-state index contributed by atoms with van der Waals surface area (Å²) in [7, 11) is 0. The van der Waals surface area contributed by atoms with Crippen LogP contribution in [-0.4, -0.2) is 37.6 Å². The van der Waals surface area contributed by atoms with Gasteiger partial charge in [0.1, 0.15) is 17.6 Å². The van der Waals surface area contributed by atoms with Gasteiger partial charge in [-0.2, -0.15) is 5.10 Å². The summed E-state index contributed by atoms with van der Waals surface area (Å²) in [6.45, 7) is 1.27. The summed E-state index contributed by atoms with van der Waals surface area (Å²) in [5, 5.41) is 23.2. The van der Waals surface area contributed by atoms with E-state index in [0.717, 1.165) is 0 Å². The van der Waals surface area contributed by atoms with Crippen molar-refractivity contribution in [3.05, 3.63) is 48.0 Å². The zero-order valence-corrected chi connectivity index (χ0v) is 10.5. The fraction of sp³-hybridized carbons (Fsp3) is 0.308. The summed E-state index contributed by atoms with van der Waals surface area (Å²) in [5.74, 6) is -0.480. The van der Waals surface area contributed by atoms with E-state index in [1.165, 1.54) is 11.0 Å². The molecule has 0 aliphatic carbocycles. The van der Waals surface area contributed by atoms with E-state index in [2.05, 4.69) is 10.1 Å². The number of hydrogen-bond donors (Lipinski definition) is 2. The molecule has 6 nitrogen and oxygen atoms in total. The largest absolute Gasteiger partial charge is 0.480 e. The number of benzene rings is 1. The van der Waals surface area contributed by atoms with E-state index < -0.39 is 18.0 Å². The number of carboxylic acid groups (broad SMARTS) is 1. The van der Waals surface area contributed by atoms with Crippen LogP contribution < -0.4 is 0 Å². The number of carboxylic acids is 1. The van der Waals surface area contributed by atoms with Crippen LogP contribution in [0.25, 0.3) is 0 Å². The van der Waals surface area contributed by atoms with E-state index in [1.807, 2.05) is 0 Å². The number of rotatable bonds is 5. The summed E-state index contributed by atoms with van der Waals surface area (Å²) in [6, 6.07) is 8.68. The van der Waals surface area contributed by atoms with Gasteiger partial charge in [-0.15, -0.1) is 0 Å². The van der Waals surface area contributed by atoms with Crippen LogP contribution in [-0.2, 0) is 16.8 Å². The van der Waals surface area contributed by atoms with Crippen molar-refractivity contribution in [2.45, 2.75) is 18.9 Å². The molecule has 0 aliphatic rings. The van der Waals surface area contributed by atoms with Crippen molar-refractivity contribution < 1.29 is 15.0 Å². The van der Waals surface area contributed by atoms with Gasteiger partial charge < -0.3 is 10.2 Å². The molecule has 19 heavy (non-hydrogen) atoms. The second-order valence-electron chi connectivity index (χ2n) is 4.38. The molecule has 0 amide bonds. The van der Waals surface area contributed by atoms with E-state index in [-0.39, 0.29) is 6.54 Å². The molecule has 1 heterocycles. The Morgan fingerprint density at radius 1 is 1.37 bits per heavy atom. The molecule has 1 unspecified atom stereocenters. The summed E-state index contributed by atoms with van der Waals surface area (Å²) >= 11 is 0. The minimum Gasteiger partial charge on any atom is -0.480 e. The first-order chi connectivity index (χ1) is 9.10. The lowest BCUT2D eigenvalue weighted by atomic mass is 9.81. The Labute approximate surface area is 110 Å². The monoisotopic (exact) mass is 261 g/mol. The lowest BCUT2D eigenvalue weighted by Gasteiger charge is -2.27. The molecule has 2 aromatic rings. The number of nitrogens with zero attached hydrogens (tertiary/aromatic N) is 3. The predicted molar refractivity (Wildman–Crippen MR) is 67.6 cm³/mol. The Hall–Kier alpha value is -2.21. The van der Waals surface area contributed by atoms with Gasteiger partial charge in [-0.1, -0.05) is 30.3 Å². The SMILES string of the molecule is Cc1ncnn1CC(CO)(C(=O)O)c1ccccc1. The molecule has 0 saturated carbocycles. The van der Waals surface area contributed by atoms with Crippen molar-refractivity contribution in [2.24, 2.45) is 0 Å². The van der Waals surface area contributed by atoms with Gasteiger partial charge in [-0.05, 0) is 12.5 Å². The van der Waals surface area contributed by atoms with Crippen LogP contribution in [0.3, 0.4) is 0 Å². The van der Waals surface area contributed by atoms with E-state index in [1.54, 1.807) is 37.3 Å². The molecule has 0 spiro atoms. The van der Waals surface area contributed by atoms with Gasteiger partial charge in [-0.3, -0.25) is 4.79 Å². The van der Waals surface area contributed by atoms with Crippen molar-refractivity contribution in [2.75, 3.05) is 6.61 Å². The van der Waals surface area contributed by atoms with Crippen LogP contribution in [0.15, 0.2) is 36.7 Å². The molecule has 6 heteroatoms. The number of aryl methyl sites for hydroxylation is 1. The molecule has 1 aromatic heterocycles. The maximum atomic E-state index is 11.7. The van der Waals surface area contributed by atoms with Gasteiger partial charge in [0.15, 0.2) is 0 Å². The molecule has 2 rings (SSSR count). The van der Waals surface area contributed by atoms with Gasteiger partial charge in [-0.25, -0.2) is 9.67 Å². The Morgan fingerprint density at radius 3 is 2.53 bits per heavy atom. The van der Waals surface area contributed by atoms with Crippen LogP contribution in [0.1, 0.15) is 11.4 Å². The highest BCUT2D eigenvalue weighted by Gasteiger charge is 2.41. The van der Waals surface area contributed by atoms with Crippen LogP contribution in [0.2, 0.25) is 0 Å². The lowest BCUT2D eigenvalue weighted by molar-refractivity contribution is -0.146. The van der Waals surface area contributed by atoms with Gasteiger partial charge >= 0.3 is 5.97 Å². The highest BCUT2D eigenvalue weighted by atomic mass is 16.4. The fourth-order valence-electron chi connectivity index (χ4n) is 1.98. The van der Waals surface area contributed by atoms with Gasteiger partial charge in [0.25, 0.3) is 0 Å². The van der Waals surface area contributed by atoms with E-state index in [9.17, 15) is 15.0 Å². The Bertz CT molecular complexity index is 568. The van der Waals surface area contributed by atoms with Crippen LogP contribution in [0, 0.1) is 6.92 Å². The maximum Gasteiger partial charge on any atom is 0.318 e. The number of aliphatic hydroxyl groups is 1. The molecular weight excluding hydrogens is 246 g/mol. The highest BCUT2D eigenvalue weighted by molar-refractivity contribution is 5.81. The van der Waals surface area contributed by atoms with Crippen molar-refractivity contribution in [1.29, 1.82) is 0 Å². The van der Waals surface area contributed by atoms with Gasteiger partial charge in [0.05, 0.1) is 13.2 Å². The van der Waals surface area contributed by atoms with Crippen LogP contribution >= 0.6 is 0 Å². The fourth-order valence-corrected chi connectivity index (χ4v) is 1.98. The summed E-state index contributed by atoms with van der Waals surface area (Å²) in [5.41, 5.74) is -0.875. The Balaban J connectivity index is 2.47. The summed E-state index contributed by atoms with van der Waals surface area (Å²) < 4.78 is 1.48. The first kappa shape index (κ1) is 13.2. The number of hydrogen-bond acceptors (Lipinski definition) is 4. The predicted octanol–water partition coefficient (Wildman–Crippen LogP) is 0.601. The third-order valence-corrected chi connectivity index (χ3v) is 3.23. The van der Waals surface area contributed by atoms with Gasteiger partial charge in [0.2, 0.25) is 0 Å². The Morgan fingerprint density at radius 2 is 2.05 bits per heavy atom. The molecule has 0 aliphatic heterocycles. The summed E-state index contributed by atoms with van der Waals surface area (Å²) in [6.07, 6.45) is 1.37. The Kier molecular flexibility index (Phi) is 3.62. The molecule has 0 radical (unpaired) electrons. The van der Waals surface area contributed by atoms with Crippen molar-refractivity contribution in [3.63, 3.8) is 0 Å². The number of aromatic nitrogens is 3. The highest BCUT2D eigenvalue weighted by Crippen LogP contribution is 2.26. The molecule has 1 aromatic carbocycles. The van der Waals surface area contributed by atoms with Crippen molar-refractivity contribution >= 4 is 5.97 Å². The number of aliphatic carboxylic acids is 1. The second kappa shape index (κ2) is 5.19. The zero-order valence-electron chi connectivity index (χ0n) is 10.5. The minimum atomic E-state index is -1.42. The molecular formula is C13H15N3O3. The minimum absolute atomic E-state index is 0.0364. The number of carbonyl (C=O) groups is 1. The van der Waals surface area contributed by atoms with E-state index in [4.69, 9.17) is 0 Å². The molecule has 0 fully saturated rings. The third-order valence-electron chi connectivity index (χ3n) is 3.23. The lowest BCUT2D eigenvalue weighted by Crippen LogP contribution is -2.44. The molecule has 2 N–H and O–H groups in total. The average Bonchev–Trinajstić information content (AvgIpc) is 2.82. The quantitative estimate of drug-likeness (QED) is 0.823. The maximum absolute atomic E-state index is 11.7. The van der Waals surface area contributed by atoms with Crippen LogP contribution in [0.4, 0.5) is 0 Å². The third kappa shape index (κ3) is 2.34. The summed E-state index contributed by atoms with van der Waals surface area (Å²) in [4.78, 5) is 15.6. The van der Waals surface area contributed by atoms with E-state index >= 15 is 0 Å². The topological polar surface area (TPSA) is 88.2 Å². The molecule has 100 valence electrons.